The third-order valence-corrected chi connectivity index (χ3v) is 8.28. The summed E-state index contributed by atoms with van der Waals surface area (Å²) in [6.45, 7) is 2.67. The van der Waals surface area contributed by atoms with Gasteiger partial charge in [0.25, 0.3) is 0 Å². The summed E-state index contributed by atoms with van der Waals surface area (Å²) in [6.07, 6.45) is 16.6. The number of aliphatic hydroxyl groups is 1. The summed E-state index contributed by atoms with van der Waals surface area (Å²) in [5, 5.41) is 10.2. The highest BCUT2D eigenvalue weighted by Gasteiger charge is 2.14. The molecule has 172 valence electrons. The number of benzene rings is 2. The molecule has 0 aliphatic rings. The third-order valence-electron chi connectivity index (χ3n) is 5.60. The van der Waals surface area contributed by atoms with Crippen LogP contribution >= 0.6 is 0 Å². The largest absolute Gasteiger partial charge is 0.491 e. The van der Waals surface area contributed by atoms with E-state index in [9.17, 15) is 5.11 Å². The van der Waals surface area contributed by atoms with E-state index in [0.29, 0.717) is 6.61 Å². The van der Waals surface area contributed by atoms with Crippen molar-refractivity contribution in [2.75, 3.05) is 6.61 Å². The number of unbranched alkanes of at least 4 members (excludes halogenated alkanes) is 11. The molecule has 0 saturated carbocycles. The summed E-state index contributed by atoms with van der Waals surface area (Å²) in [5.41, 5.74) is 0. The van der Waals surface area contributed by atoms with Crippen LogP contribution in [-0.2, 0) is 0 Å². The van der Waals surface area contributed by atoms with Crippen molar-refractivity contribution in [3.63, 3.8) is 0 Å². The molecule has 0 aromatic heterocycles. The zero-order chi connectivity index (χ0) is 22.0. The van der Waals surface area contributed by atoms with Gasteiger partial charge in [0.2, 0.25) is 0 Å². The molecule has 31 heavy (non-hydrogen) atoms. The Hall–Kier alpha value is -1.07. The van der Waals surface area contributed by atoms with Crippen LogP contribution < -0.4 is 25.9 Å². The van der Waals surface area contributed by atoms with E-state index in [1.165, 1.54) is 77.8 Å². The highest BCUT2D eigenvalue weighted by atomic mass is 127. The Morgan fingerprint density at radius 3 is 1.77 bits per heavy atom. The van der Waals surface area contributed by atoms with Gasteiger partial charge in [0.05, 0.1) is 6.10 Å². The molecule has 1 N–H and O–H groups in total. The lowest BCUT2D eigenvalue weighted by Crippen LogP contribution is -3.61. The Morgan fingerprint density at radius 2 is 1.19 bits per heavy atom. The average molecular weight is 538 g/mol. The Kier molecular flexibility index (Phi) is 14.8. The molecular formula is C28H42IO2+. The van der Waals surface area contributed by atoms with Crippen LogP contribution in [0, 0.1) is 7.14 Å². The number of ether oxygens (including phenoxy) is 1. The number of rotatable bonds is 18. The molecule has 0 saturated heterocycles. The molecule has 2 aromatic rings. The molecule has 0 heterocycles. The predicted molar refractivity (Wildman–Crippen MR) is 127 cm³/mol. The number of halogens is 1. The van der Waals surface area contributed by atoms with Crippen molar-refractivity contribution in [2.24, 2.45) is 0 Å². The summed E-state index contributed by atoms with van der Waals surface area (Å²) in [6, 6.07) is 19.1. The molecule has 0 spiro atoms. The number of aliphatic hydroxyl groups excluding tert-OH is 1. The van der Waals surface area contributed by atoms with Crippen LogP contribution in [0.5, 0.6) is 5.75 Å². The first-order chi connectivity index (χ1) is 15.3. The first kappa shape index (κ1) is 26.2. The van der Waals surface area contributed by atoms with Crippen molar-refractivity contribution in [1.29, 1.82) is 0 Å². The summed E-state index contributed by atoms with van der Waals surface area (Å²) in [5.74, 6) is 0.856. The van der Waals surface area contributed by atoms with Crippen molar-refractivity contribution in [3.05, 3.63) is 61.7 Å². The summed E-state index contributed by atoms with van der Waals surface area (Å²) < 4.78 is 8.60. The second kappa shape index (κ2) is 17.5. The normalized spacial score (nSPS) is 12.1. The lowest BCUT2D eigenvalue weighted by atomic mass is 10.0. The second-order valence-electron chi connectivity index (χ2n) is 8.49. The van der Waals surface area contributed by atoms with Gasteiger partial charge in [-0.3, -0.25) is 0 Å². The molecule has 1 atom stereocenters. The molecule has 0 aliphatic carbocycles. The summed E-state index contributed by atoms with van der Waals surface area (Å²) >= 11 is -0.133. The van der Waals surface area contributed by atoms with Crippen LogP contribution in [0.1, 0.15) is 90.4 Å². The Morgan fingerprint density at radius 1 is 0.677 bits per heavy atom. The van der Waals surface area contributed by atoms with Crippen LogP contribution in [0.2, 0.25) is 0 Å². The van der Waals surface area contributed by atoms with Crippen LogP contribution in [0.15, 0.2) is 54.6 Å². The summed E-state index contributed by atoms with van der Waals surface area (Å²) in [7, 11) is 0. The zero-order valence-corrected chi connectivity index (χ0v) is 21.6. The monoisotopic (exact) mass is 537 g/mol. The lowest BCUT2D eigenvalue weighted by Gasteiger charge is -2.12. The highest BCUT2D eigenvalue weighted by molar-refractivity contribution is 5.20. The fraction of sp³-hybridized carbons (Fsp3) is 0.571. The van der Waals surface area contributed by atoms with E-state index in [2.05, 4.69) is 49.4 Å². The maximum absolute atomic E-state index is 10.2. The van der Waals surface area contributed by atoms with E-state index in [1.807, 2.05) is 12.1 Å². The van der Waals surface area contributed by atoms with Crippen LogP contribution in [0.25, 0.3) is 0 Å². The fourth-order valence-corrected chi connectivity index (χ4v) is 5.91. The molecule has 2 rings (SSSR count). The minimum Gasteiger partial charge on any atom is -0.491 e. The molecule has 3 heteroatoms. The van der Waals surface area contributed by atoms with Gasteiger partial charge in [-0.25, -0.2) is 0 Å². The molecule has 0 bridgehead atoms. The first-order valence-corrected chi connectivity index (χ1v) is 14.5. The van der Waals surface area contributed by atoms with E-state index in [1.54, 1.807) is 0 Å². The van der Waals surface area contributed by atoms with Crippen molar-refractivity contribution < 1.29 is 31.0 Å². The maximum Gasteiger partial charge on any atom is 0.357 e. The van der Waals surface area contributed by atoms with Gasteiger partial charge in [0, 0.05) is 0 Å². The smallest absolute Gasteiger partial charge is 0.357 e. The van der Waals surface area contributed by atoms with Crippen molar-refractivity contribution >= 4 is 0 Å². The van der Waals surface area contributed by atoms with Gasteiger partial charge >= 0.3 is 21.2 Å². The minimum absolute atomic E-state index is 0.133. The standard InChI is InChI=1S/C28H42IO2/c1-2-3-4-5-6-7-8-9-10-11-12-16-19-27(30)24-31-28-22-20-26(21-23-28)29-25-17-14-13-15-18-25/h13-15,17-18,20-23,27,30H,2-12,16,19,24H2,1H3/q+1. The van der Waals surface area contributed by atoms with E-state index in [4.69, 9.17) is 4.74 Å². The minimum atomic E-state index is -0.362. The first-order valence-electron chi connectivity index (χ1n) is 12.4. The molecule has 0 fully saturated rings. The molecule has 0 amide bonds. The van der Waals surface area contributed by atoms with Gasteiger partial charge < -0.3 is 9.84 Å². The second-order valence-corrected chi connectivity index (χ2v) is 11.5. The van der Waals surface area contributed by atoms with Crippen LogP contribution in [0.3, 0.4) is 0 Å². The predicted octanol–water partition coefficient (Wildman–Crippen LogP) is 4.65. The van der Waals surface area contributed by atoms with Gasteiger partial charge in [-0.05, 0) is 42.8 Å². The molecule has 0 radical (unpaired) electrons. The van der Waals surface area contributed by atoms with Crippen molar-refractivity contribution in [2.45, 2.75) is 96.5 Å². The summed E-state index contributed by atoms with van der Waals surface area (Å²) in [4.78, 5) is 0. The lowest BCUT2D eigenvalue weighted by molar-refractivity contribution is -0.597. The number of hydrogen-bond acceptors (Lipinski definition) is 2. The molecule has 2 aromatic carbocycles. The fourth-order valence-electron chi connectivity index (χ4n) is 3.69. The molecule has 1 unspecified atom stereocenters. The van der Waals surface area contributed by atoms with Gasteiger partial charge in [-0.1, -0.05) is 102 Å². The Balaban J connectivity index is 1.45. The third kappa shape index (κ3) is 13.2. The highest BCUT2D eigenvalue weighted by Crippen LogP contribution is 2.14. The Labute approximate surface area is 201 Å². The topological polar surface area (TPSA) is 29.5 Å². The van der Waals surface area contributed by atoms with E-state index >= 15 is 0 Å². The van der Waals surface area contributed by atoms with E-state index in [0.717, 1.165) is 18.6 Å². The van der Waals surface area contributed by atoms with Crippen molar-refractivity contribution in [1.82, 2.24) is 0 Å². The molecule has 0 aliphatic heterocycles. The van der Waals surface area contributed by atoms with Crippen molar-refractivity contribution in [3.8, 4) is 5.75 Å². The van der Waals surface area contributed by atoms with Crippen LogP contribution in [-0.4, -0.2) is 17.8 Å². The average Bonchev–Trinajstić information content (AvgIpc) is 2.80. The Bertz CT molecular complexity index is 656. The van der Waals surface area contributed by atoms with Gasteiger partial charge in [-0.2, -0.15) is 0 Å². The van der Waals surface area contributed by atoms with Crippen LogP contribution in [0.4, 0.5) is 0 Å². The van der Waals surface area contributed by atoms with E-state index < -0.39 is 0 Å². The maximum atomic E-state index is 10.2. The SMILES string of the molecule is CCCCCCCCCCCCCCC(O)COc1ccc([I+]c2ccccc2)cc1. The quantitative estimate of drug-likeness (QED) is 0.222. The van der Waals surface area contributed by atoms with Gasteiger partial charge in [0.1, 0.15) is 12.4 Å². The van der Waals surface area contributed by atoms with Gasteiger partial charge in [0.15, 0.2) is 7.14 Å². The van der Waals surface area contributed by atoms with E-state index in [-0.39, 0.29) is 27.3 Å². The van der Waals surface area contributed by atoms with Gasteiger partial charge in [-0.15, -0.1) is 0 Å². The molecular weight excluding hydrogens is 495 g/mol. The number of hydrogen-bond donors (Lipinski definition) is 1. The molecule has 2 nitrogen and oxygen atoms in total. The zero-order valence-electron chi connectivity index (χ0n) is 19.4.